The summed E-state index contributed by atoms with van der Waals surface area (Å²) in [7, 11) is 0. The predicted molar refractivity (Wildman–Crippen MR) is 103 cm³/mol. The molecule has 0 radical (unpaired) electrons. The molecule has 0 spiro atoms. The van der Waals surface area contributed by atoms with Crippen LogP contribution in [-0.4, -0.2) is 32.4 Å². The van der Waals surface area contributed by atoms with Crippen LogP contribution >= 0.6 is 24.0 Å². The SMILES string of the molecule is CC(Oc1ccc(-c2nc(-c3ccnc4[nH]ccc34)no2)cc1Cl)C(F)(F)F.Cl. The molecule has 152 valence electrons. The minimum Gasteiger partial charge on any atom is -0.480 e. The van der Waals surface area contributed by atoms with E-state index in [2.05, 4.69) is 20.1 Å². The molecule has 3 aromatic heterocycles. The third-order valence-corrected chi connectivity index (χ3v) is 4.37. The summed E-state index contributed by atoms with van der Waals surface area (Å²) in [5.74, 6) is 0.440. The van der Waals surface area contributed by atoms with Gasteiger partial charge in [-0.2, -0.15) is 18.2 Å². The van der Waals surface area contributed by atoms with Crippen molar-refractivity contribution in [3.8, 4) is 28.6 Å². The molecular weight excluding hydrogens is 432 g/mol. The van der Waals surface area contributed by atoms with Crippen LogP contribution in [0.15, 0.2) is 47.2 Å². The van der Waals surface area contributed by atoms with Crippen molar-refractivity contribution in [1.29, 1.82) is 0 Å². The van der Waals surface area contributed by atoms with E-state index in [-0.39, 0.29) is 29.1 Å². The van der Waals surface area contributed by atoms with E-state index in [1.807, 2.05) is 6.07 Å². The Morgan fingerprint density at radius 2 is 2.00 bits per heavy atom. The number of fused-ring (bicyclic) bond motifs is 1. The molecule has 1 aromatic carbocycles. The maximum absolute atomic E-state index is 12.7. The van der Waals surface area contributed by atoms with E-state index in [1.54, 1.807) is 18.5 Å². The Bertz CT molecular complexity index is 1140. The van der Waals surface area contributed by atoms with E-state index < -0.39 is 12.3 Å². The van der Waals surface area contributed by atoms with Crippen molar-refractivity contribution >= 4 is 35.0 Å². The number of halogens is 5. The van der Waals surface area contributed by atoms with Gasteiger partial charge in [0.2, 0.25) is 5.82 Å². The Kier molecular flexibility index (Phi) is 5.72. The van der Waals surface area contributed by atoms with Gasteiger partial charge in [-0.05, 0) is 37.3 Å². The van der Waals surface area contributed by atoms with Crippen LogP contribution < -0.4 is 4.74 Å². The van der Waals surface area contributed by atoms with Crippen LogP contribution in [0, 0.1) is 0 Å². The van der Waals surface area contributed by atoms with Gasteiger partial charge in [0.25, 0.3) is 5.89 Å². The minimum atomic E-state index is -4.49. The lowest BCUT2D eigenvalue weighted by Gasteiger charge is -2.18. The smallest absolute Gasteiger partial charge is 0.425 e. The molecule has 3 heterocycles. The molecule has 1 N–H and O–H groups in total. The first-order valence-corrected chi connectivity index (χ1v) is 8.50. The highest BCUT2D eigenvalue weighted by Gasteiger charge is 2.38. The summed E-state index contributed by atoms with van der Waals surface area (Å²) in [5.41, 5.74) is 1.87. The number of aromatic nitrogens is 4. The normalized spacial score (nSPS) is 12.6. The molecule has 6 nitrogen and oxygen atoms in total. The van der Waals surface area contributed by atoms with Crippen molar-refractivity contribution in [2.24, 2.45) is 0 Å². The number of rotatable bonds is 4. The van der Waals surface area contributed by atoms with Crippen LogP contribution in [0.4, 0.5) is 13.2 Å². The number of nitrogens with zero attached hydrogens (tertiary/aromatic N) is 3. The van der Waals surface area contributed by atoms with E-state index in [0.29, 0.717) is 17.0 Å². The number of aromatic amines is 1. The summed E-state index contributed by atoms with van der Waals surface area (Å²) in [6.45, 7) is 0.908. The Balaban J connectivity index is 0.00000240. The number of H-pyrrole nitrogens is 1. The average molecular weight is 445 g/mol. The number of hydrogen-bond donors (Lipinski definition) is 1. The van der Waals surface area contributed by atoms with Gasteiger partial charge < -0.3 is 14.2 Å². The molecule has 29 heavy (non-hydrogen) atoms. The molecule has 1 atom stereocenters. The Morgan fingerprint density at radius 3 is 2.72 bits per heavy atom. The average Bonchev–Trinajstić information content (AvgIpc) is 3.31. The highest BCUT2D eigenvalue weighted by Crippen LogP contribution is 2.34. The molecule has 0 bridgehead atoms. The first-order chi connectivity index (χ1) is 13.3. The van der Waals surface area contributed by atoms with Gasteiger partial charge in [0, 0.05) is 28.9 Å². The number of hydrogen-bond acceptors (Lipinski definition) is 5. The number of benzene rings is 1. The largest absolute Gasteiger partial charge is 0.480 e. The highest BCUT2D eigenvalue weighted by atomic mass is 35.5. The quantitative estimate of drug-likeness (QED) is 0.437. The lowest BCUT2D eigenvalue weighted by molar-refractivity contribution is -0.189. The summed E-state index contributed by atoms with van der Waals surface area (Å²) in [6, 6.07) is 7.85. The van der Waals surface area contributed by atoms with Crippen molar-refractivity contribution in [2.75, 3.05) is 0 Å². The zero-order chi connectivity index (χ0) is 19.9. The predicted octanol–water partition coefficient (Wildman–Crippen LogP) is 5.68. The summed E-state index contributed by atoms with van der Waals surface area (Å²) >= 11 is 6.07. The van der Waals surface area contributed by atoms with Crippen molar-refractivity contribution in [3.63, 3.8) is 0 Å². The van der Waals surface area contributed by atoms with Crippen molar-refractivity contribution < 1.29 is 22.4 Å². The summed E-state index contributed by atoms with van der Waals surface area (Å²) in [6.07, 6.45) is -3.10. The fourth-order valence-electron chi connectivity index (χ4n) is 2.59. The van der Waals surface area contributed by atoms with Crippen LogP contribution in [0.25, 0.3) is 33.9 Å². The second kappa shape index (κ2) is 7.92. The van der Waals surface area contributed by atoms with Crippen LogP contribution in [0.2, 0.25) is 5.02 Å². The molecule has 4 rings (SSSR count). The number of nitrogens with one attached hydrogen (secondary N) is 1. The summed E-state index contributed by atoms with van der Waals surface area (Å²) < 4.78 is 48.1. The standard InChI is InChI=1S/C18H12ClF3N4O2.ClH/c1-9(18(20,21)22)27-14-3-2-10(8-13(14)19)17-25-16(26-28-17)12-5-7-24-15-11(12)4-6-23-15;/h2-9H,1H3,(H,23,24);1H. The Morgan fingerprint density at radius 1 is 1.21 bits per heavy atom. The molecule has 0 aliphatic heterocycles. The van der Waals surface area contributed by atoms with Gasteiger partial charge in [0.05, 0.1) is 5.02 Å². The molecular formula is C18H13Cl2F3N4O2. The second-order valence-corrected chi connectivity index (χ2v) is 6.38. The molecule has 11 heteroatoms. The number of alkyl halides is 3. The minimum absolute atomic E-state index is 0. The topological polar surface area (TPSA) is 76.8 Å². The van der Waals surface area contributed by atoms with Gasteiger partial charge in [0.1, 0.15) is 11.4 Å². The Hall–Kier alpha value is -2.78. The fraction of sp³-hybridized carbons (Fsp3) is 0.167. The van der Waals surface area contributed by atoms with Gasteiger partial charge in [-0.25, -0.2) is 4.98 Å². The molecule has 0 fully saturated rings. The van der Waals surface area contributed by atoms with Gasteiger partial charge >= 0.3 is 6.18 Å². The van der Waals surface area contributed by atoms with Crippen LogP contribution in [0.1, 0.15) is 6.92 Å². The monoisotopic (exact) mass is 444 g/mol. The van der Waals surface area contributed by atoms with Crippen LogP contribution in [-0.2, 0) is 0 Å². The number of ether oxygens (including phenoxy) is 1. The van der Waals surface area contributed by atoms with Crippen molar-refractivity contribution in [2.45, 2.75) is 19.2 Å². The zero-order valence-corrected chi connectivity index (χ0v) is 16.3. The summed E-state index contributed by atoms with van der Waals surface area (Å²) in [5, 5.41) is 4.81. The summed E-state index contributed by atoms with van der Waals surface area (Å²) in [4.78, 5) is 11.6. The Labute approximate surface area is 173 Å². The molecule has 0 aliphatic carbocycles. The third-order valence-electron chi connectivity index (χ3n) is 4.07. The van der Waals surface area contributed by atoms with E-state index in [0.717, 1.165) is 17.9 Å². The zero-order valence-electron chi connectivity index (χ0n) is 14.7. The molecule has 0 saturated carbocycles. The van der Waals surface area contributed by atoms with Crippen molar-refractivity contribution in [3.05, 3.63) is 47.7 Å². The van der Waals surface area contributed by atoms with Crippen LogP contribution in [0.5, 0.6) is 5.75 Å². The number of pyridine rings is 1. The lowest BCUT2D eigenvalue weighted by atomic mass is 10.2. The molecule has 0 aliphatic rings. The van der Waals surface area contributed by atoms with E-state index >= 15 is 0 Å². The van der Waals surface area contributed by atoms with Gasteiger partial charge in [0.15, 0.2) is 6.10 Å². The fourth-order valence-corrected chi connectivity index (χ4v) is 2.82. The van der Waals surface area contributed by atoms with Crippen LogP contribution in [0.3, 0.4) is 0 Å². The first-order valence-electron chi connectivity index (χ1n) is 8.12. The highest BCUT2D eigenvalue weighted by molar-refractivity contribution is 6.32. The maximum Gasteiger partial charge on any atom is 0.425 e. The van der Waals surface area contributed by atoms with E-state index in [4.69, 9.17) is 20.9 Å². The van der Waals surface area contributed by atoms with Gasteiger partial charge in [-0.3, -0.25) is 0 Å². The van der Waals surface area contributed by atoms with E-state index in [9.17, 15) is 13.2 Å². The van der Waals surface area contributed by atoms with Gasteiger partial charge in [-0.1, -0.05) is 16.8 Å². The lowest BCUT2D eigenvalue weighted by Crippen LogP contribution is -2.31. The van der Waals surface area contributed by atoms with Gasteiger partial charge in [-0.15, -0.1) is 12.4 Å². The maximum atomic E-state index is 12.7. The van der Waals surface area contributed by atoms with E-state index in [1.165, 1.54) is 18.2 Å². The molecule has 0 amide bonds. The third kappa shape index (κ3) is 4.15. The molecule has 0 saturated heterocycles. The second-order valence-electron chi connectivity index (χ2n) is 5.97. The molecule has 4 aromatic rings. The molecule has 1 unspecified atom stereocenters. The van der Waals surface area contributed by atoms with Crippen molar-refractivity contribution in [1.82, 2.24) is 20.1 Å². The first kappa shape index (κ1) is 20.9.